The minimum atomic E-state index is -4.08. The van der Waals surface area contributed by atoms with Gasteiger partial charge in [-0.3, -0.25) is 0 Å². The Balaban J connectivity index is 2.45. The zero-order valence-corrected chi connectivity index (χ0v) is 13.7. The van der Waals surface area contributed by atoms with E-state index in [0.717, 1.165) is 6.07 Å². The maximum Gasteiger partial charge on any atom is 0.244 e. The first-order valence-corrected chi connectivity index (χ1v) is 8.36. The maximum atomic E-state index is 14.1. The summed E-state index contributed by atoms with van der Waals surface area (Å²) in [6, 6.07) is 1.03. The van der Waals surface area contributed by atoms with Crippen LogP contribution in [-0.2, 0) is 14.8 Å². The highest BCUT2D eigenvalue weighted by Gasteiger charge is 2.36. The maximum absolute atomic E-state index is 14.1. The molecule has 112 valence electrons. The van der Waals surface area contributed by atoms with Crippen molar-refractivity contribution in [2.24, 2.45) is 0 Å². The summed E-state index contributed by atoms with van der Waals surface area (Å²) in [5.74, 6) is -1.03. The van der Waals surface area contributed by atoms with E-state index in [4.69, 9.17) is 22.1 Å². The van der Waals surface area contributed by atoms with Crippen LogP contribution in [0.1, 0.15) is 13.3 Å². The molecule has 9 heteroatoms. The predicted molar refractivity (Wildman–Crippen MR) is 77.7 cm³/mol. The van der Waals surface area contributed by atoms with E-state index in [9.17, 15) is 12.8 Å². The molecule has 0 aromatic heterocycles. The zero-order valence-electron chi connectivity index (χ0n) is 10.5. The minimum Gasteiger partial charge on any atom is -0.395 e. The predicted octanol–water partition coefficient (Wildman–Crippen LogP) is 2.28. The molecule has 1 atom stereocenters. The second-order valence-electron chi connectivity index (χ2n) is 4.87. The van der Waals surface area contributed by atoms with Gasteiger partial charge in [-0.2, -0.15) is 0 Å². The highest BCUT2D eigenvalue weighted by atomic mass is 79.9. The molecule has 0 saturated carbocycles. The summed E-state index contributed by atoms with van der Waals surface area (Å²) in [5, 5.41) is 0.0251. The molecule has 3 N–H and O–H groups in total. The van der Waals surface area contributed by atoms with Crippen molar-refractivity contribution in [3.8, 4) is 0 Å². The van der Waals surface area contributed by atoms with Crippen molar-refractivity contribution in [2.45, 2.75) is 23.8 Å². The topological polar surface area (TPSA) is 81.4 Å². The Morgan fingerprint density at radius 2 is 2.25 bits per heavy atom. The normalized spacial score (nSPS) is 23.2. The smallest absolute Gasteiger partial charge is 0.244 e. The third-order valence-corrected chi connectivity index (χ3v) is 6.06. The van der Waals surface area contributed by atoms with Gasteiger partial charge in [-0.15, -0.1) is 0 Å². The Bertz CT molecular complexity index is 648. The Morgan fingerprint density at radius 1 is 1.60 bits per heavy atom. The van der Waals surface area contributed by atoms with Crippen LogP contribution in [0.25, 0.3) is 0 Å². The summed E-state index contributed by atoms with van der Waals surface area (Å²) >= 11 is 8.84. The first-order valence-electron chi connectivity index (χ1n) is 5.71. The van der Waals surface area contributed by atoms with Crippen molar-refractivity contribution in [3.63, 3.8) is 0 Å². The number of hydrogen-bond donors (Lipinski definition) is 2. The highest BCUT2D eigenvalue weighted by molar-refractivity contribution is 9.10. The Labute approximate surface area is 129 Å². The average Bonchev–Trinajstić information content (AvgIpc) is 2.76. The third kappa shape index (κ3) is 2.94. The Morgan fingerprint density at radius 3 is 2.80 bits per heavy atom. The van der Waals surface area contributed by atoms with Gasteiger partial charge in [0, 0.05) is 6.61 Å². The summed E-state index contributed by atoms with van der Waals surface area (Å²) < 4.78 is 46.4. The fraction of sp³-hybridized carbons (Fsp3) is 0.455. The van der Waals surface area contributed by atoms with Gasteiger partial charge in [-0.1, -0.05) is 11.6 Å². The molecular weight excluding hydrogens is 375 g/mol. The van der Waals surface area contributed by atoms with Crippen LogP contribution in [0.5, 0.6) is 0 Å². The van der Waals surface area contributed by atoms with E-state index in [0.29, 0.717) is 13.0 Å². The SMILES string of the molecule is CC1(NS(=O)(=O)c2cc(Cl)c(Br)c(N)c2F)CCOC1. The highest BCUT2D eigenvalue weighted by Crippen LogP contribution is 2.35. The number of nitrogen functional groups attached to an aromatic ring is 1. The number of halogens is 3. The Hall–Kier alpha value is -0.410. The van der Waals surface area contributed by atoms with Crippen LogP contribution in [0, 0.1) is 5.82 Å². The van der Waals surface area contributed by atoms with Crippen LogP contribution in [0.15, 0.2) is 15.4 Å². The second-order valence-corrected chi connectivity index (χ2v) is 7.72. The molecule has 1 heterocycles. The molecule has 0 radical (unpaired) electrons. The van der Waals surface area contributed by atoms with Crippen LogP contribution in [0.3, 0.4) is 0 Å². The van der Waals surface area contributed by atoms with E-state index < -0.39 is 26.3 Å². The van der Waals surface area contributed by atoms with Gasteiger partial charge in [0.2, 0.25) is 10.0 Å². The minimum absolute atomic E-state index is 0.0251. The van der Waals surface area contributed by atoms with Gasteiger partial charge in [0.1, 0.15) is 4.90 Å². The summed E-state index contributed by atoms with van der Waals surface area (Å²) in [4.78, 5) is -0.573. The van der Waals surface area contributed by atoms with Crippen molar-refractivity contribution in [3.05, 3.63) is 21.4 Å². The molecule has 1 fully saturated rings. The molecule has 0 amide bonds. The molecule has 0 bridgehead atoms. The van der Waals surface area contributed by atoms with Crippen LogP contribution < -0.4 is 10.5 Å². The van der Waals surface area contributed by atoms with Gasteiger partial charge in [0.25, 0.3) is 0 Å². The molecule has 1 aliphatic heterocycles. The Kier molecular flexibility index (Phi) is 4.32. The number of sulfonamides is 1. The van der Waals surface area contributed by atoms with E-state index in [1.54, 1.807) is 6.92 Å². The number of nitrogens with two attached hydrogens (primary N) is 1. The lowest BCUT2D eigenvalue weighted by atomic mass is 10.0. The fourth-order valence-electron chi connectivity index (χ4n) is 1.92. The molecule has 0 spiro atoms. The summed E-state index contributed by atoms with van der Waals surface area (Å²) in [6.07, 6.45) is 0.508. The summed E-state index contributed by atoms with van der Waals surface area (Å²) in [5.41, 5.74) is 4.39. The molecule has 2 rings (SSSR count). The molecule has 0 aliphatic carbocycles. The van der Waals surface area contributed by atoms with Crippen molar-refractivity contribution < 1.29 is 17.5 Å². The van der Waals surface area contributed by atoms with Crippen molar-refractivity contribution in [1.29, 1.82) is 0 Å². The number of nitrogens with one attached hydrogen (secondary N) is 1. The van der Waals surface area contributed by atoms with Crippen molar-refractivity contribution in [2.75, 3.05) is 18.9 Å². The average molecular weight is 388 g/mol. The molecule has 1 aromatic rings. The lowest BCUT2D eigenvalue weighted by molar-refractivity contribution is 0.178. The number of ether oxygens (including phenoxy) is 1. The van der Waals surface area contributed by atoms with Crippen LogP contribution in [0.4, 0.5) is 10.1 Å². The summed E-state index contributed by atoms with van der Waals surface area (Å²) in [6.45, 7) is 2.37. The molecule has 1 saturated heterocycles. The van der Waals surface area contributed by atoms with Crippen LogP contribution in [0.2, 0.25) is 5.02 Å². The number of rotatable bonds is 3. The fourth-order valence-corrected chi connectivity index (χ4v) is 4.02. The van der Waals surface area contributed by atoms with E-state index in [1.807, 2.05) is 0 Å². The molecule has 1 aromatic carbocycles. The van der Waals surface area contributed by atoms with Gasteiger partial charge in [-0.25, -0.2) is 17.5 Å². The van der Waals surface area contributed by atoms with E-state index in [1.165, 1.54) is 0 Å². The van der Waals surface area contributed by atoms with E-state index in [-0.39, 0.29) is 21.8 Å². The van der Waals surface area contributed by atoms with Gasteiger partial charge in [0.05, 0.1) is 27.3 Å². The van der Waals surface area contributed by atoms with Crippen LogP contribution >= 0.6 is 27.5 Å². The van der Waals surface area contributed by atoms with Gasteiger partial charge < -0.3 is 10.5 Å². The second kappa shape index (κ2) is 5.42. The first kappa shape index (κ1) is 16.0. The number of benzene rings is 1. The largest absolute Gasteiger partial charge is 0.395 e. The van der Waals surface area contributed by atoms with Gasteiger partial charge in [0.15, 0.2) is 5.82 Å². The molecule has 20 heavy (non-hydrogen) atoms. The van der Waals surface area contributed by atoms with Crippen LogP contribution in [-0.4, -0.2) is 27.2 Å². The van der Waals surface area contributed by atoms with E-state index >= 15 is 0 Å². The van der Waals surface area contributed by atoms with Crippen molar-refractivity contribution >= 4 is 43.2 Å². The quantitative estimate of drug-likeness (QED) is 0.616. The molecule has 1 unspecified atom stereocenters. The molecule has 5 nitrogen and oxygen atoms in total. The first-order chi connectivity index (χ1) is 9.16. The summed E-state index contributed by atoms with van der Waals surface area (Å²) in [7, 11) is -4.08. The monoisotopic (exact) mass is 386 g/mol. The number of anilines is 1. The lowest BCUT2D eigenvalue weighted by Gasteiger charge is -2.23. The molecular formula is C11H13BrClFN2O3S. The lowest BCUT2D eigenvalue weighted by Crippen LogP contribution is -2.46. The number of hydrogen-bond acceptors (Lipinski definition) is 4. The zero-order chi connectivity index (χ0) is 15.1. The van der Waals surface area contributed by atoms with Crippen molar-refractivity contribution in [1.82, 2.24) is 4.72 Å². The van der Waals surface area contributed by atoms with E-state index in [2.05, 4.69) is 20.7 Å². The van der Waals surface area contributed by atoms with Gasteiger partial charge in [-0.05, 0) is 35.3 Å². The van der Waals surface area contributed by atoms with Gasteiger partial charge >= 0.3 is 0 Å². The molecule has 1 aliphatic rings. The third-order valence-electron chi connectivity index (χ3n) is 3.05. The standard InChI is InChI=1S/C11H13BrClFN2O3S/c1-11(2-3-19-5-11)16-20(17,18)7-4-6(13)8(12)10(15)9(7)14/h4,16H,2-3,5,15H2,1H3.